The molecule has 0 bridgehead atoms. The largest absolute Gasteiger partial charge is 0.481 e. The summed E-state index contributed by atoms with van der Waals surface area (Å²) in [5.74, 6) is -2.58. The average molecular weight is 490 g/mol. The van der Waals surface area contributed by atoms with Crippen molar-refractivity contribution in [2.75, 3.05) is 4.31 Å². The molecule has 1 aliphatic heterocycles. The molecule has 0 saturated heterocycles. The van der Waals surface area contributed by atoms with Crippen molar-refractivity contribution in [2.45, 2.75) is 23.3 Å². The topological polar surface area (TPSA) is 91.8 Å². The van der Waals surface area contributed by atoms with Crippen molar-refractivity contribution in [3.8, 4) is 0 Å². The first kappa shape index (κ1) is 22.3. The zero-order chi connectivity index (χ0) is 23.0. The van der Waals surface area contributed by atoms with Crippen LogP contribution in [0, 0.1) is 0 Å². The van der Waals surface area contributed by atoms with Crippen LogP contribution in [0.5, 0.6) is 0 Å². The predicted octanol–water partition coefficient (Wildman–Crippen LogP) is 5.01. The molecule has 2 unspecified atom stereocenters. The second-order valence-electron chi connectivity index (χ2n) is 7.34. The quantitative estimate of drug-likeness (QED) is 0.491. The highest BCUT2D eigenvalue weighted by Gasteiger charge is 2.49. The number of Topliss-reactive ketones (excluding diaryl/α,β-unsaturated/α-hetero) is 1. The molecule has 0 spiro atoms. The molecule has 4 rings (SSSR count). The van der Waals surface area contributed by atoms with E-state index in [4.69, 9.17) is 23.2 Å². The lowest BCUT2D eigenvalue weighted by Crippen LogP contribution is -2.45. The molecule has 0 aliphatic carbocycles. The van der Waals surface area contributed by atoms with E-state index in [2.05, 4.69) is 0 Å². The number of anilines is 1. The Bertz CT molecular complexity index is 1290. The predicted molar refractivity (Wildman–Crippen MR) is 122 cm³/mol. The molecule has 2 atom stereocenters. The monoisotopic (exact) mass is 489 g/mol. The number of ketones is 1. The van der Waals surface area contributed by atoms with Crippen LogP contribution < -0.4 is 4.31 Å². The summed E-state index contributed by atoms with van der Waals surface area (Å²) in [5, 5.41) is 10.2. The van der Waals surface area contributed by atoms with Gasteiger partial charge in [-0.25, -0.2) is 8.42 Å². The number of carbonyl (C=O) groups is 2. The minimum atomic E-state index is -4.21. The second-order valence-corrected chi connectivity index (χ2v) is 10.0. The van der Waals surface area contributed by atoms with Gasteiger partial charge in [0.25, 0.3) is 10.0 Å². The smallest absolute Gasteiger partial charge is 0.304 e. The minimum absolute atomic E-state index is 0.0178. The molecule has 1 N–H and O–H groups in total. The summed E-state index contributed by atoms with van der Waals surface area (Å²) in [6.45, 7) is 0. The standard InChI is InChI=1S/C23H17Cl2NO5S/c24-15-8-6-14(7-9-15)23(29)22-19(13-21(27)28)18-11-10-16(25)12-20(18)26(22)32(30,31)17-4-2-1-3-5-17/h1-12,19,22H,13H2,(H,27,28). The van der Waals surface area contributed by atoms with Crippen molar-refractivity contribution in [2.24, 2.45) is 0 Å². The van der Waals surface area contributed by atoms with Gasteiger partial charge in [0, 0.05) is 21.5 Å². The van der Waals surface area contributed by atoms with Gasteiger partial charge in [-0.05, 0) is 54.1 Å². The zero-order valence-electron chi connectivity index (χ0n) is 16.5. The summed E-state index contributed by atoms with van der Waals surface area (Å²) in [4.78, 5) is 25.3. The fraction of sp³-hybridized carbons (Fsp3) is 0.130. The zero-order valence-corrected chi connectivity index (χ0v) is 18.8. The minimum Gasteiger partial charge on any atom is -0.481 e. The fourth-order valence-electron chi connectivity index (χ4n) is 3.97. The maximum absolute atomic E-state index is 13.7. The Balaban J connectivity index is 1.94. The third-order valence-electron chi connectivity index (χ3n) is 5.36. The van der Waals surface area contributed by atoms with Gasteiger partial charge in [0.05, 0.1) is 17.0 Å². The Hall–Kier alpha value is -2.87. The molecule has 0 fully saturated rings. The average Bonchev–Trinajstić information content (AvgIpc) is 3.07. The number of hydrogen-bond donors (Lipinski definition) is 1. The van der Waals surface area contributed by atoms with E-state index in [0.29, 0.717) is 10.6 Å². The number of rotatable bonds is 6. The van der Waals surface area contributed by atoms with Crippen molar-refractivity contribution in [1.29, 1.82) is 0 Å². The Kier molecular flexibility index (Phi) is 5.99. The van der Waals surface area contributed by atoms with E-state index in [0.717, 1.165) is 4.31 Å². The Morgan fingerprint density at radius 1 is 0.906 bits per heavy atom. The number of aliphatic carboxylic acids is 1. The van der Waals surface area contributed by atoms with Crippen LogP contribution in [0.25, 0.3) is 0 Å². The van der Waals surface area contributed by atoms with Crippen molar-refractivity contribution in [1.82, 2.24) is 0 Å². The fourth-order valence-corrected chi connectivity index (χ4v) is 5.95. The molecule has 0 radical (unpaired) electrons. The summed E-state index contributed by atoms with van der Waals surface area (Å²) in [5.41, 5.74) is 0.852. The van der Waals surface area contributed by atoms with Gasteiger partial charge in [0.1, 0.15) is 6.04 Å². The van der Waals surface area contributed by atoms with Crippen LogP contribution in [0.1, 0.15) is 28.3 Å². The Morgan fingerprint density at radius 3 is 2.16 bits per heavy atom. The van der Waals surface area contributed by atoms with Crippen LogP contribution in [0.4, 0.5) is 5.69 Å². The van der Waals surface area contributed by atoms with Crippen molar-refractivity contribution >= 4 is 50.7 Å². The Morgan fingerprint density at radius 2 is 1.53 bits per heavy atom. The first-order valence-electron chi connectivity index (χ1n) is 9.60. The summed E-state index contributed by atoms with van der Waals surface area (Å²) < 4.78 is 28.4. The summed E-state index contributed by atoms with van der Waals surface area (Å²) >= 11 is 12.1. The van der Waals surface area contributed by atoms with Gasteiger partial charge in [-0.15, -0.1) is 0 Å². The van der Waals surface area contributed by atoms with Gasteiger partial charge in [0.15, 0.2) is 5.78 Å². The molecule has 164 valence electrons. The molecule has 32 heavy (non-hydrogen) atoms. The highest BCUT2D eigenvalue weighted by atomic mass is 35.5. The lowest BCUT2D eigenvalue weighted by Gasteiger charge is -2.28. The SMILES string of the molecule is O=C(O)CC1c2ccc(Cl)cc2N(S(=O)(=O)c2ccccc2)C1C(=O)c1ccc(Cl)cc1. The first-order chi connectivity index (χ1) is 15.2. The number of carboxylic acids is 1. The van der Waals surface area contributed by atoms with E-state index < -0.39 is 40.2 Å². The van der Waals surface area contributed by atoms with Crippen LogP contribution in [0.15, 0.2) is 77.7 Å². The van der Waals surface area contributed by atoms with Gasteiger partial charge in [0.2, 0.25) is 0 Å². The highest BCUT2D eigenvalue weighted by Crippen LogP contribution is 2.47. The van der Waals surface area contributed by atoms with Crippen LogP contribution >= 0.6 is 23.2 Å². The van der Waals surface area contributed by atoms with Gasteiger partial charge in [-0.3, -0.25) is 13.9 Å². The van der Waals surface area contributed by atoms with Gasteiger partial charge < -0.3 is 5.11 Å². The highest BCUT2D eigenvalue weighted by molar-refractivity contribution is 7.93. The molecule has 0 saturated carbocycles. The van der Waals surface area contributed by atoms with E-state index in [1.807, 2.05) is 0 Å². The van der Waals surface area contributed by atoms with E-state index >= 15 is 0 Å². The molecular weight excluding hydrogens is 473 g/mol. The van der Waals surface area contributed by atoms with E-state index in [-0.39, 0.29) is 21.2 Å². The molecular formula is C23H17Cl2NO5S. The summed E-state index contributed by atoms with van der Waals surface area (Å²) in [6.07, 6.45) is -0.431. The van der Waals surface area contributed by atoms with Gasteiger partial charge in [-0.1, -0.05) is 47.5 Å². The molecule has 9 heteroatoms. The molecule has 1 heterocycles. The summed E-state index contributed by atoms with van der Waals surface area (Å²) in [7, 11) is -4.21. The van der Waals surface area contributed by atoms with Crippen LogP contribution in [-0.4, -0.2) is 31.3 Å². The second kappa shape index (κ2) is 8.58. The Labute approximate surface area is 195 Å². The normalized spacial score (nSPS) is 17.8. The molecule has 1 aliphatic rings. The molecule has 3 aromatic rings. The van der Waals surface area contributed by atoms with Crippen LogP contribution in [-0.2, 0) is 14.8 Å². The lowest BCUT2D eigenvalue weighted by molar-refractivity contribution is -0.137. The van der Waals surface area contributed by atoms with Gasteiger partial charge >= 0.3 is 5.97 Å². The number of nitrogens with zero attached hydrogens (tertiary/aromatic N) is 1. The van der Waals surface area contributed by atoms with Crippen molar-refractivity contribution in [3.63, 3.8) is 0 Å². The lowest BCUT2D eigenvalue weighted by atomic mass is 9.87. The number of hydrogen-bond acceptors (Lipinski definition) is 4. The number of fused-ring (bicyclic) bond motifs is 1. The molecule has 0 amide bonds. The number of carbonyl (C=O) groups excluding carboxylic acids is 1. The van der Waals surface area contributed by atoms with Crippen molar-refractivity contribution < 1.29 is 23.1 Å². The third-order valence-corrected chi connectivity index (χ3v) is 7.65. The number of sulfonamides is 1. The molecule has 3 aromatic carbocycles. The number of halogens is 2. The maximum atomic E-state index is 13.7. The van der Waals surface area contributed by atoms with Gasteiger partial charge in [-0.2, -0.15) is 0 Å². The van der Waals surface area contributed by atoms with E-state index in [1.165, 1.54) is 42.5 Å². The number of carboxylic acid groups (broad SMARTS) is 1. The summed E-state index contributed by atoms with van der Waals surface area (Å²) in [6, 6.07) is 17.0. The molecule has 0 aromatic heterocycles. The number of benzene rings is 3. The van der Waals surface area contributed by atoms with Crippen molar-refractivity contribution in [3.05, 3.63) is 94.0 Å². The van der Waals surface area contributed by atoms with Crippen LogP contribution in [0.2, 0.25) is 10.0 Å². The maximum Gasteiger partial charge on any atom is 0.304 e. The third kappa shape index (κ3) is 3.99. The van der Waals surface area contributed by atoms with E-state index in [9.17, 15) is 23.1 Å². The van der Waals surface area contributed by atoms with E-state index in [1.54, 1.807) is 30.3 Å². The first-order valence-corrected chi connectivity index (χ1v) is 11.8. The molecule has 6 nitrogen and oxygen atoms in total. The van der Waals surface area contributed by atoms with Crippen LogP contribution in [0.3, 0.4) is 0 Å².